The number of nitrogens with two attached hydrogens (primary N) is 1. The predicted octanol–water partition coefficient (Wildman–Crippen LogP) is 4.80. The highest BCUT2D eigenvalue weighted by molar-refractivity contribution is 6.31. The average molecular weight is 306 g/mol. The first kappa shape index (κ1) is 14.4. The predicted molar refractivity (Wildman–Crippen MR) is 84.2 cm³/mol. The van der Waals surface area contributed by atoms with Gasteiger partial charge >= 0.3 is 0 Å². The summed E-state index contributed by atoms with van der Waals surface area (Å²) < 4.78 is 5.41. The van der Waals surface area contributed by atoms with Gasteiger partial charge in [-0.2, -0.15) is 4.98 Å². The molecule has 21 heavy (non-hydrogen) atoms. The molecule has 2 aromatic rings. The van der Waals surface area contributed by atoms with Gasteiger partial charge in [0.25, 0.3) is 5.89 Å². The second-order valence-corrected chi connectivity index (χ2v) is 6.21. The number of aromatic nitrogens is 2. The molecule has 0 saturated heterocycles. The number of rotatable bonds is 2. The van der Waals surface area contributed by atoms with Crippen LogP contribution in [-0.2, 0) is 0 Å². The van der Waals surface area contributed by atoms with Crippen molar-refractivity contribution in [3.8, 4) is 11.5 Å². The summed E-state index contributed by atoms with van der Waals surface area (Å²) in [6.07, 6.45) is 8.77. The Morgan fingerprint density at radius 1 is 1.05 bits per heavy atom. The third-order valence-electron chi connectivity index (χ3n) is 4.08. The SMILES string of the molecule is Nc1cc(Cl)cc(-c2nc(C3CCCCCCC3)no2)c1. The smallest absolute Gasteiger partial charge is 0.258 e. The number of benzene rings is 1. The van der Waals surface area contributed by atoms with Gasteiger partial charge in [-0.15, -0.1) is 0 Å². The topological polar surface area (TPSA) is 64.9 Å². The monoisotopic (exact) mass is 305 g/mol. The third-order valence-corrected chi connectivity index (χ3v) is 4.30. The van der Waals surface area contributed by atoms with Gasteiger partial charge in [-0.05, 0) is 31.0 Å². The van der Waals surface area contributed by atoms with E-state index in [1.54, 1.807) is 18.2 Å². The van der Waals surface area contributed by atoms with Crippen molar-refractivity contribution in [2.45, 2.75) is 50.9 Å². The molecule has 1 saturated carbocycles. The van der Waals surface area contributed by atoms with Crippen LogP contribution in [0, 0.1) is 0 Å². The molecule has 0 atom stereocenters. The fourth-order valence-corrected chi connectivity index (χ4v) is 3.21. The molecule has 1 aliphatic rings. The van der Waals surface area contributed by atoms with E-state index in [0.717, 1.165) is 24.2 Å². The van der Waals surface area contributed by atoms with Crippen molar-refractivity contribution in [2.75, 3.05) is 5.73 Å². The summed E-state index contributed by atoms with van der Waals surface area (Å²) in [7, 11) is 0. The normalized spacial score (nSPS) is 17.4. The van der Waals surface area contributed by atoms with Crippen LogP contribution in [0.15, 0.2) is 22.7 Å². The van der Waals surface area contributed by atoms with E-state index in [9.17, 15) is 0 Å². The highest BCUT2D eigenvalue weighted by Crippen LogP contribution is 2.31. The second-order valence-electron chi connectivity index (χ2n) is 5.77. The van der Waals surface area contributed by atoms with Crippen LogP contribution in [-0.4, -0.2) is 10.1 Å². The minimum Gasteiger partial charge on any atom is -0.399 e. The molecule has 1 aromatic carbocycles. The lowest BCUT2D eigenvalue weighted by molar-refractivity contribution is 0.393. The first-order valence-corrected chi connectivity index (χ1v) is 8.00. The highest BCUT2D eigenvalue weighted by atomic mass is 35.5. The lowest BCUT2D eigenvalue weighted by Gasteiger charge is -2.15. The van der Waals surface area contributed by atoms with Crippen LogP contribution in [0.3, 0.4) is 0 Å². The Hall–Kier alpha value is -1.55. The Morgan fingerprint density at radius 3 is 2.48 bits per heavy atom. The van der Waals surface area contributed by atoms with Crippen LogP contribution in [0.5, 0.6) is 0 Å². The van der Waals surface area contributed by atoms with Gasteiger partial charge in [0.1, 0.15) is 0 Å². The molecular weight excluding hydrogens is 286 g/mol. The van der Waals surface area contributed by atoms with Crippen molar-refractivity contribution in [1.29, 1.82) is 0 Å². The zero-order valence-corrected chi connectivity index (χ0v) is 12.8. The molecule has 0 amide bonds. The van der Waals surface area contributed by atoms with E-state index in [0.29, 0.717) is 22.5 Å². The first-order chi connectivity index (χ1) is 10.2. The van der Waals surface area contributed by atoms with Crippen LogP contribution in [0.2, 0.25) is 5.02 Å². The molecule has 1 heterocycles. The van der Waals surface area contributed by atoms with Gasteiger partial charge in [-0.1, -0.05) is 48.9 Å². The average Bonchev–Trinajstić information content (AvgIpc) is 2.86. The van der Waals surface area contributed by atoms with E-state index in [4.69, 9.17) is 21.9 Å². The highest BCUT2D eigenvalue weighted by Gasteiger charge is 2.20. The third kappa shape index (κ3) is 3.56. The number of nitrogen functional groups attached to an aromatic ring is 1. The first-order valence-electron chi connectivity index (χ1n) is 7.62. The van der Waals surface area contributed by atoms with Crippen molar-refractivity contribution in [2.24, 2.45) is 0 Å². The molecule has 0 radical (unpaired) electrons. The van der Waals surface area contributed by atoms with E-state index >= 15 is 0 Å². The van der Waals surface area contributed by atoms with Crippen LogP contribution < -0.4 is 5.73 Å². The molecule has 0 spiro atoms. The molecule has 112 valence electrons. The lowest BCUT2D eigenvalue weighted by Crippen LogP contribution is -2.04. The maximum absolute atomic E-state index is 6.03. The summed E-state index contributed by atoms with van der Waals surface area (Å²) >= 11 is 6.03. The Bertz CT molecular complexity index is 583. The molecule has 0 aliphatic heterocycles. The summed E-state index contributed by atoms with van der Waals surface area (Å²) in [5.74, 6) is 1.74. The van der Waals surface area contributed by atoms with Gasteiger partial charge in [0, 0.05) is 22.2 Å². The number of hydrogen-bond acceptors (Lipinski definition) is 4. The zero-order valence-electron chi connectivity index (χ0n) is 12.0. The largest absolute Gasteiger partial charge is 0.399 e. The van der Waals surface area contributed by atoms with Crippen molar-refractivity contribution in [3.63, 3.8) is 0 Å². The molecule has 3 rings (SSSR count). The molecule has 5 heteroatoms. The van der Waals surface area contributed by atoms with Gasteiger partial charge in [-0.25, -0.2) is 0 Å². The van der Waals surface area contributed by atoms with Crippen LogP contribution in [0.4, 0.5) is 5.69 Å². The number of nitrogens with zero attached hydrogens (tertiary/aromatic N) is 2. The fourth-order valence-electron chi connectivity index (χ4n) is 2.97. The molecular formula is C16H20ClN3O. The summed E-state index contributed by atoms with van der Waals surface area (Å²) in [5, 5.41) is 4.76. The van der Waals surface area contributed by atoms with Crippen LogP contribution in [0.1, 0.15) is 56.7 Å². The summed E-state index contributed by atoms with van der Waals surface area (Å²) in [5.41, 5.74) is 7.19. The Balaban J connectivity index is 1.81. The molecule has 4 nitrogen and oxygen atoms in total. The maximum atomic E-state index is 6.03. The van der Waals surface area contributed by atoms with E-state index < -0.39 is 0 Å². The number of halogens is 1. The molecule has 2 N–H and O–H groups in total. The minimum absolute atomic E-state index is 0.416. The van der Waals surface area contributed by atoms with Crippen LogP contribution in [0.25, 0.3) is 11.5 Å². The van der Waals surface area contributed by atoms with Crippen molar-refractivity contribution in [3.05, 3.63) is 29.0 Å². The number of hydrogen-bond donors (Lipinski definition) is 1. The molecule has 0 unspecified atom stereocenters. The van der Waals surface area contributed by atoms with Crippen molar-refractivity contribution in [1.82, 2.24) is 10.1 Å². The van der Waals surface area contributed by atoms with Crippen LogP contribution >= 0.6 is 11.6 Å². The van der Waals surface area contributed by atoms with E-state index in [1.165, 1.54) is 32.1 Å². The molecule has 1 fully saturated rings. The van der Waals surface area contributed by atoms with Gasteiger partial charge < -0.3 is 10.3 Å². The van der Waals surface area contributed by atoms with Gasteiger partial charge in [0.05, 0.1) is 0 Å². The minimum atomic E-state index is 0.416. The summed E-state index contributed by atoms with van der Waals surface area (Å²) in [4.78, 5) is 4.57. The Kier molecular flexibility index (Phi) is 4.44. The molecule has 1 aliphatic carbocycles. The Morgan fingerprint density at radius 2 is 1.76 bits per heavy atom. The lowest BCUT2D eigenvalue weighted by atomic mass is 9.91. The van der Waals surface area contributed by atoms with Crippen molar-refractivity contribution < 1.29 is 4.52 Å². The maximum Gasteiger partial charge on any atom is 0.258 e. The van der Waals surface area contributed by atoms with Gasteiger partial charge in [0.2, 0.25) is 0 Å². The van der Waals surface area contributed by atoms with E-state index in [2.05, 4.69) is 10.1 Å². The van der Waals surface area contributed by atoms with Gasteiger partial charge in [-0.3, -0.25) is 0 Å². The Labute approximate surface area is 129 Å². The quantitative estimate of drug-likeness (QED) is 0.809. The van der Waals surface area contributed by atoms with Crippen molar-refractivity contribution >= 4 is 17.3 Å². The zero-order chi connectivity index (χ0) is 14.7. The van der Waals surface area contributed by atoms with Gasteiger partial charge in [0.15, 0.2) is 5.82 Å². The molecule has 1 aromatic heterocycles. The summed E-state index contributed by atoms with van der Waals surface area (Å²) in [6, 6.07) is 5.31. The second kappa shape index (κ2) is 6.48. The standard InChI is InChI=1S/C16H20ClN3O/c17-13-8-12(9-14(18)10-13)16-19-15(20-21-16)11-6-4-2-1-3-5-7-11/h8-11H,1-7,18H2. The van der Waals surface area contributed by atoms with E-state index in [-0.39, 0.29) is 0 Å². The summed E-state index contributed by atoms with van der Waals surface area (Å²) in [6.45, 7) is 0. The fraction of sp³-hybridized carbons (Fsp3) is 0.500. The van der Waals surface area contributed by atoms with E-state index in [1.807, 2.05) is 0 Å². The number of anilines is 1. The molecule has 0 bridgehead atoms.